The zero-order chi connectivity index (χ0) is 12.2. The smallest absolute Gasteiger partial charge is 0.0613 e. The SMILES string of the molecule is CCCC(C)N(C)C1CCC(CO)(NC)C1. The highest BCUT2D eigenvalue weighted by atomic mass is 16.3. The topological polar surface area (TPSA) is 35.5 Å². The first-order valence-corrected chi connectivity index (χ1v) is 6.60. The van der Waals surface area contributed by atoms with Crippen molar-refractivity contribution in [2.45, 2.75) is 63.6 Å². The minimum Gasteiger partial charge on any atom is -0.394 e. The van der Waals surface area contributed by atoms with Crippen LogP contribution in [0.15, 0.2) is 0 Å². The summed E-state index contributed by atoms with van der Waals surface area (Å²) in [7, 11) is 4.20. The van der Waals surface area contributed by atoms with E-state index in [9.17, 15) is 5.11 Å². The van der Waals surface area contributed by atoms with E-state index in [1.807, 2.05) is 7.05 Å². The number of hydrogen-bond donors (Lipinski definition) is 2. The van der Waals surface area contributed by atoms with Crippen LogP contribution in [0, 0.1) is 0 Å². The molecule has 0 aromatic rings. The van der Waals surface area contributed by atoms with Gasteiger partial charge >= 0.3 is 0 Å². The third-order valence-electron chi connectivity index (χ3n) is 4.39. The lowest BCUT2D eigenvalue weighted by Gasteiger charge is -2.33. The summed E-state index contributed by atoms with van der Waals surface area (Å²) in [6.07, 6.45) is 5.87. The second-order valence-corrected chi connectivity index (χ2v) is 5.39. The highest BCUT2D eigenvalue weighted by Gasteiger charge is 2.39. The predicted octanol–water partition coefficient (Wildman–Crippen LogP) is 1.61. The molecule has 0 aromatic heterocycles. The van der Waals surface area contributed by atoms with Crippen molar-refractivity contribution < 1.29 is 5.11 Å². The van der Waals surface area contributed by atoms with E-state index in [-0.39, 0.29) is 12.1 Å². The molecule has 1 aliphatic rings. The van der Waals surface area contributed by atoms with Crippen LogP contribution in [0.2, 0.25) is 0 Å². The molecule has 16 heavy (non-hydrogen) atoms. The van der Waals surface area contributed by atoms with Gasteiger partial charge in [0.05, 0.1) is 6.61 Å². The Hall–Kier alpha value is -0.120. The molecule has 3 unspecified atom stereocenters. The van der Waals surface area contributed by atoms with Crippen molar-refractivity contribution in [1.82, 2.24) is 10.2 Å². The molecule has 0 aromatic carbocycles. The molecule has 3 atom stereocenters. The summed E-state index contributed by atoms with van der Waals surface area (Å²) >= 11 is 0. The van der Waals surface area contributed by atoms with Gasteiger partial charge in [0.25, 0.3) is 0 Å². The minimum atomic E-state index is -0.0230. The molecule has 0 spiro atoms. The van der Waals surface area contributed by atoms with Crippen LogP contribution in [0.4, 0.5) is 0 Å². The fraction of sp³-hybridized carbons (Fsp3) is 1.00. The lowest BCUT2D eigenvalue weighted by molar-refractivity contribution is 0.140. The van der Waals surface area contributed by atoms with Gasteiger partial charge in [-0.1, -0.05) is 13.3 Å². The van der Waals surface area contributed by atoms with E-state index in [0.29, 0.717) is 12.1 Å². The number of aliphatic hydroxyl groups is 1. The Morgan fingerprint density at radius 1 is 1.56 bits per heavy atom. The average Bonchev–Trinajstić information content (AvgIpc) is 2.73. The normalized spacial score (nSPS) is 32.2. The Morgan fingerprint density at radius 2 is 2.25 bits per heavy atom. The Bertz CT molecular complexity index is 204. The third kappa shape index (κ3) is 2.96. The number of rotatable bonds is 6. The van der Waals surface area contributed by atoms with Gasteiger partial charge in [-0.05, 0) is 46.7 Å². The Labute approximate surface area is 100 Å². The van der Waals surface area contributed by atoms with Gasteiger partial charge in [-0.25, -0.2) is 0 Å². The Kier molecular flexibility index (Phi) is 5.22. The number of aliphatic hydroxyl groups excluding tert-OH is 1. The molecule has 0 heterocycles. The van der Waals surface area contributed by atoms with Crippen LogP contribution in [-0.4, -0.2) is 48.3 Å². The number of hydrogen-bond acceptors (Lipinski definition) is 3. The van der Waals surface area contributed by atoms with E-state index in [1.54, 1.807) is 0 Å². The van der Waals surface area contributed by atoms with E-state index in [0.717, 1.165) is 12.8 Å². The van der Waals surface area contributed by atoms with Crippen molar-refractivity contribution in [2.24, 2.45) is 0 Å². The number of nitrogens with zero attached hydrogens (tertiary/aromatic N) is 1. The van der Waals surface area contributed by atoms with Gasteiger partial charge in [0.15, 0.2) is 0 Å². The molecule has 0 amide bonds. The van der Waals surface area contributed by atoms with Gasteiger partial charge in [-0.15, -0.1) is 0 Å². The zero-order valence-electron chi connectivity index (χ0n) is 11.3. The highest BCUT2D eigenvalue weighted by molar-refractivity contribution is 4.98. The molecular formula is C13H28N2O. The summed E-state index contributed by atoms with van der Waals surface area (Å²) in [4.78, 5) is 2.50. The lowest BCUT2D eigenvalue weighted by Crippen LogP contribution is -2.46. The first-order valence-electron chi connectivity index (χ1n) is 6.60. The minimum absolute atomic E-state index is 0.0230. The fourth-order valence-corrected chi connectivity index (χ4v) is 2.88. The van der Waals surface area contributed by atoms with Gasteiger partial charge in [-0.2, -0.15) is 0 Å². The predicted molar refractivity (Wildman–Crippen MR) is 68.6 cm³/mol. The molecule has 96 valence electrons. The van der Waals surface area contributed by atoms with E-state index < -0.39 is 0 Å². The maximum atomic E-state index is 9.48. The summed E-state index contributed by atoms with van der Waals surface area (Å²) < 4.78 is 0. The second-order valence-electron chi connectivity index (χ2n) is 5.39. The Morgan fingerprint density at radius 3 is 2.69 bits per heavy atom. The maximum absolute atomic E-state index is 9.48. The second kappa shape index (κ2) is 5.99. The van der Waals surface area contributed by atoms with Crippen LogP contribution in [0.1, 0.15) is 46.0 Å². The van der Waals surface area contributed by atoms with Crippen molar-refractivity contribution in [1.29, 1.82) is 0 Å². The third-order valence-corrected chi connectivity index (χ3v) is 4.39. The fourth-order valence-electron chi connectivity index (χ4n) is 2.88. The molecule has 1 fully saturated rings. The standard InChI is InChI=1S/C13H28N2O/c1-5-6-11(2)15(4)12-7-8-13(9-12,10-16)14-3/h11-12,14,16H,5-10H2,1-4H3. The monoisotopic (exact) mass is 228 g/mol. The van der Waals surface area contributed by atoms with Gasteiger partial charge in [0.2, 0.25) is 0 Å². The van der Waals surface area contributed by atoms with Gasteiger partial charge in [0.1, 0.15) is 0 Å². The summed E-state index contributed by atoms with van der Waals surface area (Å²) in [5.74, 6) is 0. The number of nitrogens with one attached hydrogen (secondary N) is 1. The van der Waals surface area contributed by atoms with E-state index >= 15 is 0 Å². The van der Waals surface area contributed by atoms with Gasteiger partial charge in [-0.3, -0.25) is 0 Å². The van der Waals surface area contributed by atoms with Crippen LogP contribution in [0.5, 0.6) is 0 Å². The van der Waals surface area contributed by atoms with Crippen molar-refractivity contribution in [3.8, 4) is 0 Å². The largest absolute Gasteiger partial charge is 0.394 e. The van der Waals surface area contributed by atoms with Crippen LogP contribution in [0.25, 0.3) is 0 Å². The van der Waals surface area contributed by atoms with E-state index in [4.69, 9.17) is 0 Å². The molecule has 1 rings (SSSR count). The van der Waals surface area contributed by atoms with Crippen LogP contribution < -0.4 is 5.32 Å². The van der Waals surface area contributed by atoms with E-state index in [2.05, 4.69) is 31.1 Å². The average molecular weight is 228 g/mol. The van der Waals surface area contributed by atoms with Crippen molar-refractivity contribution >= 4 is 0 Å². The number of likely N-dealkylation sites (N-methyl/N-ethyl adjacent to an activating group) is 1. The first kappa shape index (κ1) is 13.9. The molecule has 3 nitrogen and oxygen atoms in total. The quantitative estimate of drug-likeness (QED) is 0.725. The molecule has 0 aliphatic heterocycles. The van der Waals surface area contributed by atoms with Crippen LogP contribution in [0.3, 0.4) is 0 Å². The first-order chi connectivity index (χ1) is 7.58. The molecule has 0 radical (unpaired) electrons. The van der Waals surface area contributed by atoms with Crippen molar-refractivity contribution in [2.75, 3.05) is 20.7 Å². The summed E-state index contributed by atoms with van der Waals surface area (Å²) in [6, 6.07) is 1.28. The van der Waals surface area contributed by atoms with Gasteiger partial charge < -0.3 is 15.3 Å². The molecule has 0 bridgehead atoms. The van der Waals surface area contributed by atoms with Gasteiger partial charge in [0, 0.05) is 17.6 Å². The Balaban J connectivity index is 2.51. The summed E-state index contributed by atoms with van der Waals surface area (Å²) in [6.45, 7) is 4.81. The molecule has 1 saturated carbocycles. The molecule has 2 N–H and O–H groups in total. The highest BCUT2D eigenvalue weighted by Crippen LogP contribution is 2.33. The molecule has 3 heteroatoms. The summed E-state index contributed by atoms with van der Waals surface area (Å²) in [5, 5.41) is 12.8. The van der Waals surface area contributed by atoms with Crippen LogP contribution in [-0.2, 0) is 0 Å². The maximum Gasteiger partial charge on any atom is 0.0613 e. The van der Waals surface area contributed by atoms with E-state index in [1.165, 1.54) is 19.3 Å². The summed E-state index contributed by atoms with van der Waals surface area (Å²) in [5.41, 5.74) is -0.0230. The molecule has 0 saturated heterocycles. The zero-order valence-corrected chi connectivity index (χ0v) is 11.3. The molecular weight excluding hydrogens is 200 g/mol. The molecule has 1 aliphatic carbocycles. The van der Waals surface area contributed by atoms with Crippen molar-refractivity contribution in [3.63, 3.8) is 0 Å². The van der Waals surface area contributed by atoms with Crippen LogP contribution >= 0.6 is 0 Å². The lowest BCUT2D eigenvalue weighted by atomic mass is 9.98. The van der Waals surface area contributed by atoms with Crippen molar-refractivity contribution in [3.05, 3.63) is 0 Å².